The van der Waals surface area contributed by atoms with Crippen molar-refractivity contribution in [1.29, 1.82) is 0 Å². The Kier molecular flexibility index (Phi) is 2.75. The molecule has 2 N–H and O–H groups in total. The molecule has 1 aliphatic carbocycles. The van der Waals surface area contributed by atoms with Gasteiger partial charge in [-0.1, -0.05) is 6.07 Å². The highest BCUT2D eigenvalue weighted by molar-refractivity contribution is 5.38. The van der Waals surface area contributed by atoms with E-state index in [0.717, 1.165) is 12.5 Å². The smallest absolute Gasteiger partial charge is 0.391 e. The van der Waals surface area contributed by atoms with Crippen LogP contribution in [0.3, 0.4) is 0 Å². The van der Waals surface area contributed by atoms with Crippen LogP contribution in [0.25, 0.3) is 0 Å². The van der Waals surface area contributed by atoms with Crippen LogP contribution in [0.5, 0.6) is 0 Å². The van der Waals surface area contributed by atoms with Gasteiger partial charge in [-0.05, 0) is 25.0 Å². The molecule has 3 nitrogen and oxygen atoms in total. The Labute approximate surface area is 90.3 Å². The number of nitrogens with zero attached hydrogens (tertiary/aromatic N) is 1. The largest absolute Gasteiger partial charge is 0.433 e. The molecule has 0 radical (unpaired) electrons. The highest BCUT2D eigenvalue weighted by Gasteiger charge is 2.33. The van der Waals surface area contributed by atoms with E-state index in [9.17, 15) is 18.3 Å². The molecule has 0 aliphatic heterocycles. The third-order valence-electron chi connectivity index (χ3n) is 2.61. The molecule has 1 aromatic heterocycles. The first-order valence-corrected chi connectivity index (χ1v) is 4.95. The summed E-state index contributed by atoms with van der Waals surface area (Å²) in [7, 11) is 0. The fourth-order valence-electron chi connectivity index (χ4n) is 1.51. The van der Waals surface area contributed by atoms with E-state index in [1.54, 1.807) is 0 Å². The van der Waals surface area contributed by atoms with E-state index >= 15 is 0 Å². The first kappa shape index (κ1) is 11.2. The van der Waals surface area contributed by atoms with Crippen molar-refractivity contribution >= 4 is 5.82 Å². The zero-order chi connectivity index (χ0) is 11.8. The lowest BCUT2D eigenvalue weighted by Gasteiger charge is -2.33. The van der Waals surface area contributed by atoms with Gasteiger partial charge in [0.25, 0.3) is 0 Å². The lowest BCUT2D eigenvalue weighted by molar-refractivity contribution is -0.141. The molecular weight excluding hydrogens is 221 g/mol. The number of anilines is 1. The molecule has 1 fully saturated rings. The van der Waals surface area contributed by atoms with Gasteiger partial charge in [0.1, 0.15) is 11.5 Å². The Morgan fingerprint density at radius 2 is 2.06 bits per heavy atom. The van der Waals surface area contributed by atoms with Crippen molar-refractivity contribution in [3.63, 3.8) is 0 Å². The molecule has 2 rings (SSSR count). The molecule has 0 amide bonds. The van der Waals surface area contributed by atoms with Gasteiger partial charge in [-0.15, -0.1) is 0 Å². The van der Waals surface area contributed by atoms with Crippen LogP contribution < -0.4 is 5.32 Å². The fourth-order valence-corrected chi connectivity index (χ4v) is 1.51. The summed E-state index contributed by atoms with van der Waals surface area (Å²) in [5, 5.41) is 12.1. The van der Waals surface area contributed by atoms with Gasteiger partial charge >= 0.3 is 6.18 Å². The Hall–Kier alpha value is -1.30. The Morgan fingerprint density at radius 1 is 1.31 bits per heavy atom. The van der Waals surface area contributed by atoms with E-state index in [1.165, 1.54) is 12.1 Å². The lowest BCUT2D eigenvalue weighted by Crippen LogP contribution is -2.43. The molecule has 0 bridgehead atoms. The summed E-state index contributed by atoms with van der Waals surface area (Å²) < 4.78 is 37.0. The Balaban J connectivity index is 2.10. The summed E-state index contributed by atoms with van der Waals surface area (Å²) >= 11 is 0. The highest BCUT2D eigenvalue weighted by atomic mass is 19.4. The number of halogens is 3. The van der Waals surface area contributed by atoms with E-state index in [1.807, 2.05) is 0 Å². The number of pyridine rings is 1. The molecule has 0 saturated heterocycles. The van der Waals surface area contributed by atoms with Crippen molar-refractivity contribution in [2.75, 3.05) is 5.32 Å². The molecule has 1 aromatic rings. The van der Waals surface area contributed by atoms with Crippen molar-refractivity contribution < 1.29 is 18.3 Å². The topological polar surface area (TPSA) is 45.1 Å². The molecule has 0 spiro atoms. The van der Waals surface area contributed by atoms with E-state index in [0.29, 0.717) is 6.42 Å². The molecule has 16 heavy (non-hydrogen) atoms. The zero-order valence-electron chi connectivity index (χ0n) is 8.33. The van der Waals surface area contributed by atoms with Crippen molar-refractivity contribution in [3.05, 3.63) is 23.9 Å². The molecule has 1 heterocycles. The van der Waals surface area contributed by atoms with Gasteiger partial charge in [0.05, 0.1) is 12.1 Å². The maximum Gasteiger partial charge on any atom is 0.433 e. The minimum Gasteiger partial charge on any atom is -0.391 e. The molecule has 2 atom stereocenters. The van der Waals surface area contributed by atoms with E-state index < -0.39 is 18.0 Å². The van der Waals surface area contributed by atoms with Crippen LogP contribution in [0.15, 0.2) is 18.2 Å². The maximum atomic E-state index is 12.3. The average Bonchev–Trinajstić information content (AvgIpc) is 2.23. The van der Waals surface area contributed by atoms with Crippen LogP contribution in [0.2, 0.25) is 0 Å². The van der Waals surface area contributed by atoms with Gasteiger partial charge in [-0.25, -0.2) is 4.98 Å². The number of aliphatic hydroxyl groups excluding tert-OH is 1. The first-order valence-electron chi connectivity index (χ1n) is 4.95. The van der Waals surface area contributed by atoms with E-state index in [2.05, 4.69) is 10.3 Å². The summed E-state index contributed by atoms with van der Waals surface area (Å²) in [6.45, 7) is 0. The van der Waals surface area contributed by atoms with Crippen LogP contribution in [0, 0.1) is 0 Å². The normalized spacial score (nSPS) is 25.0. The zero-order valence-corrected chi connectivity index (χ0v) is 8.33. The quantitative estimate of drug-likeness (QED) is 0.820. The third-order valence-corrected chi connectivity index (χ3v) is 2.61. The van der Waals surface area contributed by atoms with Crippen LogP contribution in [-0.4, -0.2) is 22.2 Å². The Bertz CT molecular complexity index is 381. The number of aromatic nitrogens is 1. The number of rotatable bonds is 2. The summed E-state index contributed by atoms with van der Waals surface area (Å²) in [5.74, 6) is 0.151. The first-order chi connectivity index (χ1) is 7.47. The van der Waals surface area contributed by atoms with E-state index in [4.69, 9.17) is 0 Å². The highest BCUT2D eigenvalue weighted by Crippen LogP contribution is 2.29. The number of alkyl halides is 3. The number of hydrogen-bond acceptors (Lipinski definition) is 3. The van der Waals surface area contributed by atoms with Crippen molar-refractivity contribution in [2.24, 2.45) is 0 Å². The second-order valence-corrected chi connectivity index (χ2v) is 3.80. The second-order valence-electron chi connectivity index (χ2n) is 3.80. The van der Waals surface area contributed by atoms with Gasteiger partial charge in [0.15, 0.2) is 0 Å². The molecular formula is C10H11F3N2O. The average molecular weight is 232 g/mol. The van der Waals surface area contributed by atoms with Gasteiger partial charge in [0, 0.05) is 0 Å². The Morgan fingerprint density at radius 3 is 2.56 bits per heavy atom. The fraction of sp³-hybridized carbons (Fsp3) is 0.500. The molecule has 6 heteroatoms. The SMILES string of the molecule is OC1CCC1Nc1cccc(C(F)(F)F)n1. The summed E-state index contributed by atoms with van der Waals surface area (Å²) in [5.41, 5.74) is -0.925. The van der Waals surface area contributed by atoms with Gasteiger partial charge < -0.3 is 10.4 Å². The van der Waals surface area contributed by atoms with Crippen LogP contribution in [-0.2, 0) is 6.18 Å². The third kappa shape index (κ3) is 2.27. The molecule has 1 saturated carbocycles. The minimum absolute atomic E-state index is 0.151. The molecule has 2 unspecified atom stereocenters. The minimum atomic E-state index is -4.43. The van der Waals surface area contributed by atoms with Crippen LogP contribution in [0.4, 0.5) is 19.0 Å². The molecule has 1 aliphatic rings. The standard InChI is InChI=1S/C10H11F3N2O/c11-10(12,13)8-2-1-3-9(15-8)14-6-4-5-7(6)16/h1-3,6-7,16H,4-5H2,(H,14,15). The number of hydrogen-bond donors (Lipinski definition) is 2. The molecule has 0 aromatic carbocycles. The van der Waals surface area contributed by atoms with Crippen LogP contribution in [0.1, 0.15) is 18.5 Å². The van der Waals surface area contributed by atoms with Crippen molar-refractivity contribution in [2.45, 2.75) is 31.2 Å². The van der Waals surface area contributed by atoms with Gasteiger partial charge in [0.2, 0.25) is 0 Å². The van der Waals surface area contributed by atoms with Crippen molar-refractivity contribution in [1.82, 2.24) is 4.98 Å². The molecule has 88 valence electrons. The van der Waals surface area contributed by atoms with Crippen LogP contribution >= 0.6 is 0 Å². The lowest BCUT2D eigenvalue weighted by atomic mass is 9.89. The summed E-state index contributed by atoms with van der Waals surface area (Å²) in [6.07, 6.45) is -3.50. The van der Waals surface area contributed by atoms with Gasteiger partial charge in [-0.3, -0.25) is 0 Å². The van der Waals surface area contributed by atoms with Crippen molar-refractivity contribution in [3.8, 4) is 0 Å². The van der Waals surface area contributed by atoms with E-state index in [-0.39, 0.29) is 11.9 Å². The number of aliphatic hydroxyl groups is 1. The predicted octanol–water partition coefficient (Wildman–Crippen LogP) is 2.04. The second kappa shape index (κ2) is 3.93. The predicted molar refractivity (Wildman–Crippen MR) is 51.9 cm³/mol. The number of nitrogens with one attached hydrogen (secondary N) is 1. The summed E-state index contributed by atoms with van der Waals surface area (Å²) in [6, 6.07) is 3.49. The van der Waals surface area contributed by atoms with Gasteiger partial charge in [-0.2, -0.15) is 13.2 Å². The monoisotopic (exact) mass is 232 g/mol. The summed E-state index contributed by atoms with van der Waals surface area (Å²) in [4.78, 5) is 3.45. The maximum absolute atomic E-state index is 12.3.